The zero-order valence-electron chi connectivity index (χ0n) is 14.4. The molecule has 4 nitrogen and oxygen atoms in total. The largest absolute Gasteiger partial charge is 0.370 e. The van der Waals surface area contributed by atoms with E-state index in [0.717, 1.165) is 42.4 Å². The summed E-state index contributed by atoms with van der Waals surface area (Å²) in [5.41, 5.74) is 1.15. The van der Waals surface area contributed by atoms with Gasteiger partial charge in [-0.15, -0.1) is 0 Å². The molecule has 0 aliphatic heterocycles. The number of hydrogen-bond donors (Lipinski definition) is 1. The Labute approximate surface area is 134 Å². The Kier molecular flexibility index (Phi) is 7.86. The van der Waals surface area contributed by atoms with Crippen LogP contribution in [-0.2, 0) is 6.42 Å². The molecule has 1 aromatic heterocycles. The van der Waals surface area contributed by atoms with Crippen LogP contribution in [0.3, 0.4) is 0 Å². The topological polar surface area (TPSA) is 41.1 Å². The Morgan fingerprint density at radius 1 is 1.29 bits per heavy atom. The van der Waals surface area contributed by atoms with Gasteiger partial charge in [0.05, 0.1) is 0 Å². The van der Waals surface area contributed by atoms with E-state index in [-0.39, 0.29) is 0 Å². The first-order valence-electron chi connectivity index (χ1n) is 7.88. The predicted molar refractivity (Wildman–Crippen MR) is 95.8 cm³/mol. The van der Waals surface area contributed by atoms with E-state index in [1.54, 1.807) is 0 Å². The molecule has 0 saturated carbocycles. The lowest BCUT2D eigenvalue weighted by Crippen LogP contribution is -2.31. The number of anilines is 2. The molecule has 1 N–H and O–H groups in total. The van der Waals surface area contributed by atoms with Crippen molar-refractivity contribution in [2.45, 2.75) is 53.0 Å². The van der Waals surface area contributed by atoms with Crippen molar-refractivity contribution in [2.75, 3.05) is 35.8 Å². The molecule has 120 valence electrons. The van der Waals surface area contributed by atoms with Gasteiger partial charge >= 0.3 is 0 Å². The van der Waals surface area contributed by atoms with Gasteiger partial charge in [-0.2, -0.15) is 11.8 Å². The van der Waals surface area contributed by atoms with E-state index in [0.29, 0.717) is 6.04 Å². The molecule has 0 aliphatic rings. The number of hydrogen-bond acceptors (Lipinski definition) is 5. The lowest BCUT2D eigenvalue weighted by molar-refractivity contribution is 0.656. The summed E-state index contributed by atoms with van der Waals surface area (Å²) in [7, 11) is 2.14. The molecular weight excluding hydrogens is 280 g/mol. The number of aryl methyl sites for hydroxylation is 1. The maximum atomic E-state index is 4.80. The van der Waals surface area contributed by atoms with E-state index in [1.165, 1.54) is 12.2 Å². The molecule has 0 amide bonds. The molecule has 0 bridgehead atoms. The van der Waals surface area contributed by atoms with Crippen molar-refractivity contribution in [1.82, 2.24) is 9.97 Å². The van der Waals surface area contributed by atoms with Crippen LogP contribution in [0.5, 0.6) is 0 Å². The molecule has 0 fully saturated rings. The van der Waals surface area contributed by atoms with Gasteiger partial charge in [0.1, 0.15) is 17.5 Å². The molecule has 1 unspecified atom stereocenters. The van der Waals surface area contributed by atoms with Crippen LogP contribution >= 0.6 is 11.8 Å². The minimum absolute atomic E-state index is 0.481. The maximum absolute atomic E-state index is 4.80. The summed E-state index contributed by atoms with van der Waals surface area (Å²) in [6.45, 7) is 9.53. The van der Waals surface area contributed by atoms with E-state index in [2.05, 4.69) is 56.2 Å². The minimum atomic E-state index is 0.481. The molecule has 0 aromatic carbocycles. The van der Waals surface area contributed by atoms with Crippen LogP contribution in [0.2, 0.25) is 0 Å². The number of rotatable bonds is 9. The van der Waals surface area contributed by atoms with Crippen LogP contribution in [0.15, 0.2) is 0 Å². The van der Waals surface area contributed by atoms with Crippen molar-refractivity contribution in [3.05, 3.63) is 11.4 Å². The molecule has 5 heteroatoms. The molecule has 1 aromatic rings. The summed E-state index contributed by atoms with van der Waals surface area (Å²) >= 11 is 1.90. The molecule has 21 heavy (non-hydrogen) atoms. The van der Waals surface area contributed by atoms with E-state index in [1.807, 2.05) is 11.8 Å². The number of aromatic nitrogens is 2. The monoisotopic (exact) mass is 310 g/mol. The van der Waals surface area contributed by atoms with E-state index < -0.39 is 0 Å². The van der Waals surface area contributed by atoms with Crippen molar-refractivity contribution in [1.29, 1.82) is 0 Å². The van der Waals surface area contributed by atoms with Gasteiger partial charge in [-0.1, -0.05) is 6.92 Å². The van der Waals surface area contributed by atoms with Gasteiger partial charge in [0.15, 0.2) is 0 Å². The third kappa shape index (κ3) is 5.06. The van der Waals surface area contributed by atoms with E-state index in [9.17, 15) is 0 Å². The molecule has 0 spiro atoms. The van der Waals surface area contributed by atoms with Crippen molar-refractivity contribution in [3.8, 4) is 0 Å². The summed E-state index contributed by atoms with van der Waals surface area (Å²) in [5, 5.41) is 3.37. The van der Waals surface area contributed by atoms with Gasteiger partial charge in [0.25, 0.3) is 0 Å². The fourth-order valence-corrected chi connectivity index (χ4v) is 2.84. The third-order valence-electron chi connectivity index (χ3n) is 3.72. The van der Waals surface area contributed by atoms with Gasteiger partial charge in [0, 0.05) is 31.6 Å². The van der Waals surface area contributed by atoms with E-state index in [4.69, 9.17) is 4.98 Å². The van der Waals surface area contributed by atoms with Crippen LogP contribution in [0.4, 0.5) is 11.6 Å². The minimum Gasteiger partial charge on any atom is -0.370 e. The molecule has 0 saturated heterocycles. The third-order valence-corrected chi connectivity index (χ3v) is 4.36. The van der Waals surface area contributed by atoms with Crippen molar-refractivity contribution >= 4 is 23.4 Å². The van der Waals surface area contributed by atoms with Gasteiger partial charge in [0.2, 0.25) is 0 Å². The fourth-order valence-electron chi connectivity index (χ4n) is 2.26. The normalized spacial score (nSPS) is 12.3. The first kappa shape index (κ1) is 18.1. The SMILES string of the molecule is CCCc1nc(NCC)c(C)c(N(C)C(C)CCSC)n1. The number of nitrogens with one attached hydrogen (secondary N) is 1. The maximum Gasteiger partial charge on any atom is 0.137 e. The summed E-state index contributed by atoms with van der Waals surface area (Å²) in [6, 6.07) is 0.481. The highest BCUT2D eigenvalue weighted by atomic mass is 32.2. The average molecular weight is 311 g/mol. The van der Waals surface area contributed by atoms with Gasteiger partial charge in [-0.05, 0) is 45.6 Å². The zero-order valence-corrected chi connectivity index (χ0v) is 15.2. The van der Waals surface area contributed by atoms with Crippen LogP contribution in [-0.4, -0.2) is 41.6 Å². The second kappa shape index (κ2) is 9.13. The first-order valence-corrected chi connectivity index (χ1v) is 9.27. The Hall–Kier alpha value is -0.970. The second-order valence-corrected chi connectivity index (χ2v) is 6.44. The standard InChI is InChI=1S/C16H30N4S/c1-7-9-14-18-15(17-8-2)13(4)16(19-14)20(5)12(3)10-11-21-6/h12H,7-11H2,1-6H3,(H,17,18,19). The number of thioether (sulfide) groups is 1. The zero-order chi connectivity index (χ0) is 15.8. The highest BCUT2D eigenvalue weighted by Gasteiger charge is 2.17. The van der Waals surface area contributed by atoms with Crippen LogP contribution in [0.25, 0.3) is 0 Å². The Morgan fingerprint density at radius 3 is 2.57 bits per heavy atom. The van der Waals surface area contributed by atoms with Crippen LogP contribution in [0.1, 0.15) is 45.0 Å². The predicted octanol–water partition coefficient (Wildman–Crippen LogP) is 3.75. The highest BCUT2D eigenvalue weighted by molar-refractivity contribution is 7.98. The molecule has 0 radical (unpaired) electrons. The van der Waals surface area contributed by atoms with Gasteiger partial charge < -0.3 is 10.2 Å². The molecule has 1 heterocycles. The number of nitrogens with zero attached hydrogens (tertiary/aromatic N) is 3. The lowest BCUT2D eigenvalue weighted by atomic mass is 10.2. The first-order chi connectivity index (χ1) is 10.0. The summed E-state index contributed by atoms with van der Waals surface area (Å²) < 4.78 is 0. The molecule has 1 atom stereocenters. The summed E-state index contributed by atoms with van der Waals surface area (Å²) in [4.78, 5) is 11.8. The second-order valence-electron chi connectivity index (χ2n) is 5.46. The summed E-state index contributed by atoms with van der Waals surface area (Å²) in [6.07, 6.45) is 5.32. The average Bonchev–Trinajstić information content (AvgIpc) is 2.47. The Bertz CT molecular complexity index is 437. The summed E-state index contributed by atoms with van der Waals surface area (Å²) in [5.74, 6) is 4.17. The van der Waals surface area contributed by atoms with Crippen LogP contribution < -0.4 is 10.2 Å². The molecule has 1 rings (SSSR count). The van der Waals surface area contributed by atoms with Crippen molar-refractivity contribution < 1.29 is 0 Å². The van der Waals surface area contributed by atoms with Gasteiger partial charge in [-0.3, -0.25) is 0 Å². The fraction of sp³-hybridized carbons (Fsp3) is 0.750. The Morgan fingerprint density at radius 2 is 2.00 bits per heavy atom. The van der Waals surface area contributed by atoms with Crippen LogP contribution in [0, 0.1) is 6.92 Å². The Balaban J connectivity index is 3.07. The van der Waals surface area contributed by atoms with Gasteiger partial charge in [-0.25, -0.2) is 9.97 Å². The quantitative estimate of drug-likeness (QED) is 0.752. The molecular formula is C16H30N4S. The smallest absolute Gasteiger partial charge is 0.137 e. The van der Waals surface area contributed by atoms with Crippen molar-refractivity contribution in [2.24, 2.45) is 0 Å². The lowest BCUT2D eigenvalue weighted by Gasteiger charge is -2.28. The highest BCUT2D eigenvalue weighted by Crippen LogP contribution is 2.25. The van der Waals surface area contributed by atoms with E-state index >= 15 is 0 Å². The molecule has 0 aliphatic carbocycles. The van der Waals surface area contributed by atoms with Crippen molar-refractivity contribution in [3.63, 3.8) is 0 Å².